The lowest BCUT2D eigenvalue weighted by Gasteiger charge is -1.80. The van der Waals surface area contributed by atoms with Crippen LogP contribution in [0.2, 0.25) is 0 Å². The molecule has 0 atom stereocenters. The molecule has 0 bridgehead atoms. The van der Waals surface area contributed by atoms with Crippen LogP contribution in [0.1, 0.15) is 12.8 Å². The molecule has 1 saturated carbocycles. The Hall–Kier alpha value is -0.720. The van der Waals surface area contributed by atoms with Gasteiger partial charge < -0.3 is 5.11 Å². The van der Waals surface area contributed by atoms with Crippen LogP contribution in [0.3, 0.4) is 0 Å². The minimum Gasteiger partial charge on any atom is -0.508 e. The highest BCUT2D eigenvalue weighted by Gasteiger charge is 2.14. The predicted octanol–water partition coefficient (Wildman–Crippen LogP) is 1.78. The van der Waals surface area contributed by atoms with Crippen molar-refractivity contribution in [1.82, 2.24) is 0 Å². The summed E-state index contributed by atoms with van der Waals surface area (Å²) in [5.41, 5.74) is 1.15. The van der Waals surface area contributed by atoms with Gasteiger partial charge in [0.2, 0.25) is 0 Å². The number of aliphatic hydroxyl groups is 1. The third-order valence-electron chi connectivity index (χ3n) is 1.06. The topological polar surface area (TPSA) is 20.2 Å². The van der Waals surface area contributed by atoms with Gasteiger partial charge in [0, 0.05) is 0 Å². The first-order valence-corrected chi connectivity index (χ1v) is 2.38. The second kappa shape index (κ2) is 1.41. The van der Waals surface area contributed by atoms with Crippen molar-refractivity contribution in [2.24, 2.45) is 0 Å². The van der Waals surface area contributed by atoms with Gasteiger partial charge in [0.15, 0.2) is 0 Å². The zero-order chi connectivity index (χ0) is 5.28. The van der Waals surface area contributed by atoms with Crippen molar-refractivity contribution in [2.75, 3.05) is 0 Å². The smallest absolute Gasteiger partial charge is 0.114 e. The molecule has 7 heavy (non-hydrogen) atoms. The summed E-state index contributed by atoms with van der Waals surface area (Å²) in [6.45, 7) is 3.41. The van der Waals surface area contributed by atoms with Crippen molar-refractivity contribution in [3.63, 3.8) is 0 Å². The summed E-state index contributed by atoms with van der Waals surface area (Å²) >= 11 is 0. The molecule has 1 nitrogen and oxygen atoms in total. The molecule has 1 heteroatoms. The zero-order valence-corrected chi connectivity index (χ0v) is 4.15. The number of hydrogen-bond donors (Lipinski definition) is 1. The van der Waals surface area contributed by atoms with Crippen molar-refractivity contribution in [3.05, 3.63) is 24.0 Å². The normalized spacial score (nSPS) is 16.3. The highest BCUT2D eigenvalue weighted by Crippen LogP contribution is 2.30. The molecule has 0 aromatic carbocycles. The molecular weight excluding hydrogens is 88.1 g/mol. The molecule has 38 valence electrons. The summed E-state index contributed by atoms with van der Waals surface area (Å²) in [7, 11) is 0. The largest absolute Gasteiger partial charge is 0.508 e. The average molecular weight is 96.1 g/mol. The van der Waals surface area contributed by atoms with Gasteiger partial charge in [-0.3, -0.25) is 0 Å². The van der Waals surface area contributed by atoms with E-state index in [-0.39, 0.29) is 0 Å². The molecular formula is C6H8O. The first kappa shape index (κ1) is 4.44. The molecule has 1 rings (SSSR count). The van der Waals surface area contributed by atoms with E-state index in [2.05, 4.69) is 6.58 Å². The first-order chi connectivity index (χ1) is 3.34. The van der Waals surface area contributed by atoms with E-state index in [4.69, 9.17) is 5.11 Å². The van der Waals surface area contributed by atoms with Crippen LogP contribution in [0.25, 0.3) is 0 Å². The Morgan fingerprint density at radius 1 is 1.71 bits per heavy atom. The van der Waals surface area contributed by atoms with Crippen LogP contribution >= 0.6 is 0 Å². The van der Waals surface area contributed by atoms with E-state index in [9.17, 15) is 0 Å². The highest BCUT2D eigenvalue weighted by molar-refractivity contribution is 5.26. The van der Waals surface area contributed by atoms with Crippen LogP contribution in [0.5, 0.6) is 0 Å². The van der Waals surface area contributed by atoms with Gasteiger partial charge in [-0.2, -0.15) is 0 Å². The molecule has 1 aliphatic carbocycles. The van der Waals surface area contributed by atoms with Gasteiger partial charge in [-0.05, 0) is 24.5 Å². The van der Waals surface area contributed by atoms with Gasteiger partial charge in [0.05, 0.1) is 0 Å². The van der Waals surface area contributed by atoms with Crippen molar-refractivity contribution >= 4 is 0 Å². The van der Waals surface area contributed by atoms with Crippen molar-refractivity contribution in [3.8, 4) is 0 Å². The summed E-state index contributed by atoms with van der Waals surface area (Å²) in [6.07, 6.45) is 3.62. The zero-order valence-electron chi connectivity index (χ0n) is 4.15. The lowest BCUT2D eigenvalue weighted by molar-refractivity contribution is 0.430. The molecule has 0 heterocycles. The van der Waals surface area contributed by atoms with Crippen LogP contribution in [-0.4, -0.2) is 5.11 Å². The van der Waals surface area contributed by atoms with Gasteiger partial charge >= 0.3 is 0 Å². The maximum atomic E-state index is 8.76. The number of aliphatic hydroxyl groups excluding tert-OH is 1. The fourth-order valence-electron chi connectivity index (χ4n) is 0.463. The summed E-state index contributed by atoms with van der Waals surface area (Å²) < 4.78 is 0. The van der Waals surface area contributed by atoms with Gasteiger partial charge in [-0.15, -0.1) is 0 Å². The fraction of sp³-hybridized carbons (Fsp3) is 0.333. The van der Waals surface area contributed by atoms with Gasteiger partial charge in [0.25, 0.3) is 0 Å². The van der Waals surface area contributed by atoms with Gasteiger partial charge in [0.1, 0.15) is 5.76 Å². The molecule has 0 unspecified atom stereocenters. The van der Waals surface area contributed by atoms with Crippen molar-refractivity contribution in [2.45, 2.75) is 12.8 Å². The van der Waals surface area contributed by atoms with E-state index in [1.165, 1.54) is 6.08 Å². The summed E-state index contributed by atoms with van der Waals surface area (Å²) in [4.78, 5) is 0. The summed E-state index contributed by atoms with van der Waals surface area (Å²) in [6, 6.07) is 0. The van der Waals surface area contributed by atoms with E-state index in [0.717, 1.165) is 18.4 Å². The number of rotatable bonds is 1. The highest BCUT2D eigenvalue weighted by atomic mass is 16.3. The van der Waals surface area contributed by atoms with E-state index >= 15 is 0 Å². The Morgan fingerprint density at radius 3 is 2.43 bits per heavy atom. The van der Waals surface area contributed by atoms with Crippen LogP contribution in [-0.2, 0) is 0 Å². The van der Waals surface area contributed by atoms with Gasteiger partial charge in [-0.1, -0.05) is 6.58 Å². The van der Waals surface area contributed by atoms with Crippen LogP contribution in [0, 0.1) is 0 Å². The maximum Gasteiger partial charge on any atom is 0.114 e. The molecule has 1 N–H and O–H groups in total. The number of hydrogen-bond acceptors (Lipinski definition) is 1. The predicted molar refractivity (Wildman–Crippen MR) is 29.1 cm³/mol. The third kappa shape index (κ3) is 0.829. The fourth-order valence-corrected chi connectivity index (χ4v) is 0.463. The maximum absolute atomic E-state index is 8.76. The Balaban J connectivity index is 2.65. The standard InChI is InChI=1S/C6H8O/c1-2-6(7)5-3-4-5/h2,7H,1,3-4H2. The summed E-state index contributed by atoms with van der Waals surface area (Å²) in [5, 5.41) is 8.76. The third-order valence-corrected chi connectivity index (χ3v) is 1.06. The summed E-state index contributed by atoms with van der Waals surface area (Å²) in [5.74, 6) is 0.389. The monoisotopic (exact) mass is 96.1 g/mol. The molecule has 0 spiro atoms. The van der Waals surface area contributed by atoms with Crippen molar-refractivity contribution < 1.29 is 5.11 Å². The van der Waals surface area contributed by atoms with E-state index in [1.807, 2.05) is 0 Å². The molecule has 1 aliphatic rings. The minimum atomic E-state index is 0.389. The van der Waals surface area contributed by atoms with E-state index in [0.29, 0.717) is 5.76 Å². The van der Waals surface area contributed by atoms with Crippen LogP contribution in [0.4, 0.5) is 0 Å². The molecule has 0 amide bonds. The average Bonchev–Trinajstić information content (AvgIpc) is 2.44. The Kier molecular flexibility index (Phi) is 0.895. The Bertz CT molecular complexity index is 116. The van der Waals surface area contributed by atoms with Crippen LogP contribution in [0.15, 0.2) is 24.0 Å². The van der Waals surface area contributed by atoms with Crippen LogP contribution < -0.4 is 0 Å². The molecule has 0 aromatic rings. The van der Waals surface area contributed by atoms with Gasteiger partial charge in [-0.25, -0.2) is 0 Å². The minimum absolute atomic E-state index is 0.389. The molecule has 0 radical (unpaired) electrons. The lowest BCUT2D eigenvalue weighted by atomic mass is 10.4. The second-order valence-electron chi connectivity index (χ2n) is 1.69. The molecule has 0 aromatic heterocycles. The second-order valence-corrected chi connectivity index (χ2v) is 1.69. The Morgan fingerprint density at radius 2 is 2.29 bits per heavy atom. The SMILES string of the molecule is C=CC(O)=C1CC1. The number of allylic oxidation sites excluding steroid dienone is 2. The first-order valence-electron chi connectivity index (χ1n) is 2.38. The Labute approximate surface area is 43.0 Å². The van der Waals surface area contributed by atoms with E-state index < -0.39 is 0 Å². The quantitative estimate of drug-likeness (QED) is 0.493. The lowest BCUT2D eigenvalue weighted by Crippen LogP contribution is -1.67. The van der Waals surface area contributed by atoms with E-state index in [1.54, 1.807) is 0 Å². The molecule has 1 fully saturated rings. The van der Waals surface area contributed by atoms with Crippen molar-refractivity contribution in [1.29, 1.82) is 0 Å². The molecule has 0 saturated heterocycles. The molecule has 0 aliphatic heterocycles.